The van der Waals surface area contributed by atoms with E-state index in [4.69, 9.17) is 14.7 Å². The zero-order chi connectivity index (χ0) is 15.7. The molecular weight excluding hydrogens is 342 g/mol. The van der Waals surface area contributed by atoms with Gasteiger partial charge < -0.3 is 9.16 Å². The van der Waals surface area contributed by atoms with Gasteiger partial charge in [-0.2, -0.15) is 0 Å². The highest BCUT2D eigenvalue weighted by Gasteiger charge is 2.47. The molecule has 0 bridgehead atoms. The van der Waals surface area contributed by atoms with Gasteiger partial charge in [-0.05, 0) is 46.5 Å². The van der Waals surface area contributed by atoms with Gasteiger partial charge in [-0.15, -0.1) is 0 Å². The van der Waals surface area contributed by atoms with Crippen molar-refractivity contribution >= 4 is 30.0 Å². The molecule has 0 spiro atoms. The molecule has 4 atom stereocenters. The molecule has 114 valence electrons. The number of hydrogen-bond donors (Lipinski definition) is 0. The number of azide groups is 1. The fourth-order valence-corrected chi connectivity index (χ4v) is 3.71. The first kappa shape index (κ1) is 17.6. The maximum absolute atomic E-state index is 12.1. The lowest BCUT2D eigenvalue weighted by molar-refractivity contribution is -0.146. The van der Waals surface area contributed by atoms with E-state index in [2.05, 4.69) is 59.8 Å². The van der Waals surface area contributed by atoms with Crippen LogP contribution in [0.5, 0.6) is 0 Å². The van der Waals surface area contributed by atoms with Crippen LogP contribution >= 0.6 is 15.9 Å². The van der Waals surface area contributed by atoms with Crippen molar-refractivity contribution in [1.82, 2.24) is 0 Å². The molecule has 1 fully saturated rings. The number of ketones is 1. The van der Waals surface area contributed by atoms with Crippen LogP contribution in [0.25, 0.3) is 10.4 Å². The number of alkyl halides is 1. The minimum Gasteiger partial charge on any atom is -0.410 e. The summed E-state index contributed by atoms with van der Waals surface area (Å²) in [5.41, 5.74) is 8.69. The normalized spacial score (nSPS) is 31.9. The number of hydrogen-bond acceptors (Lipinski definition) is 4. The Labute approximate surface area is 129 Å². The minimum atomic E-state index is -2.09. The highest BCUT2D eigenvalue weighted by Crippen LogP contribution is 2.39. The third-order valence-electron chi connectivity index (χ3n) is 4.04. The first-order chi connectivity index (χ1) is 9.01. The van der Waals surface area contributed by atoms with Crippen molar-refractivity contribution in [3.63, 3.8) is 0 Å². The van der Waals surface area contributed by atoms with E-state index in [0.717, 1.165) is 0 Å². The molecule has 0 saturated carbocycles. The van der Waals surface area contributed by atoms with Crippen molar-refractivity contribution in [3.8, 4) is 0 Å². The van der Waals surface area contributed by atoms with Gasteiger partial charge in [0.05, 0.1) is 12.2 Å². The Morgan fingerprint density at radius 1 is 1.45 bits per heavy atom. The second kappa shape index (κ2) is 6.15. The monoisotopic (exact) mass is 363 g/mol. The maximum atomic E-state index is 12.1. The SMILES string of the molecule is C[C@H]1O[C@H](Br)C(=O)[C@@H](N=[N+]=[N-])[C@@H]1O[Si](C)(C)C(C)(C)C. The zero-order valence-electron chi connectivity index (χ0n) is 12.8. The Bertz CT molecular complexity index is 432. The molecule has 0 aliphatic carbocycles. The Hall–Kier alpha value is -0.403. The van der Waals surface area contributed by atoms with Gasteiger partial charge in [0.25, 0.3) is 0 Å². The van der Waals surface area contributed by atoms with Gasteiger partial charge in [0.15, 0.2) is 19.1 Å². The van der Waals surface area contributed by atoms with Crippen LogP contribution in [0, 0.1) is 0 Å². The quantitative estimate of drug-likeness (QED) is 0.251. The predicted octanol–water partition coefficient (Wildman–Crippen LogP) is 3.76. The van der Waals surface area contributed by atoms with E-state index in [-0.39, 0.29) is 16.9 Å². The zero-order valence-corrected chi connectivity index (χ0v) is 15.3. The van der Waals surface area contributed by atoms with Crippen LogP contribution in [0.2, 0.25) is 18.1 Å². The van der Waals surface area contributed by atoms with Crippen molar-refractivity contribution in [3.05, 3.63) is 10.4 Å². The maximum Gasteiger partial charge on any atom is 0.192 e. The average Bonchev–Trinajstić information content (AvgIpc) is 2.29. The van der Waals surface area contributed by atoms with Gasteiger partial charge in [-0.25, -0.2) is 0 Å². The lowest BCUT2D eigenvalue weighted by Gasteiger charge is -2.44. The highest BCUT2D eigenvalue weighted by atomic mass is 79.9. The van der Waals surface area contributed by atoms with Gasteiger partial charge in [0, 0.05) is 4.91 Å². The largest absolute Gasteiger partial charge is 0.410 e. The van der Waals surface area contributed by atoms with Gasteiger partial charge in [0.1, 0.15) is 6.04 Å². The Balaban J connectivity index is 3.06. The molecule has 0 radical (unpaired) electrons. The fraction of sp³-hybridized carbons (Fsp3) is 0.917. The number of halogens is 1. The minimum absolute atomic E-state index is 0.00191. The molecule has 8 heteroatoms. The molecule has 1 heterocycles. The van der Waals surface area contributed by atoms with Crippen molar-refractivity contribution in [1.29, 1.82) is 0 Å². The number of rotatable bonds is 3. The second-order valence-corrected chi connectivity index (χ2v) is 12.1. The van der Waals surface area contributed by atoms with Crippen LogP contribution in [-0.4, -0.2) is 37.4 Å². The van der Waals surface area contributed by atoms with E-state index in [1.807, 2.05) is 6.92 Å². The number of carbonyl (C=O) groups excluding carboxylic acids is 1. The molecule has 0 unspecified atom stereocenters. The Kier molecular flexibility index (Phi) is 5.43. The molecule has 1 aliphatic heterocycles. The van der Waals surface area contributed by atoms with E-state index >= 15 is 0 Å². The molecule has 1 saturated heterocycles. The molecule has 1 aliphatic rings. The van der Waals surface area contributed by atoms with Crippen molar-refractivity contribution < 1.29 is 14.0 Å². The molecule has 0 aromatic heterocycles. The Morgan fingerprint density at radius 2 is 2.00 bits per heavy atom. The molecule has 0 N–H and O–H groups in total. The van der Waals surface area contributed by atoms with E-state index in [1.165, 1.54) is 0 Å². The lowest BCUT2D eigenvalue weighted by atomic mass is 10.0. The van der Waals surface area contributed by atoms with E-state index in [1.54, 1.807) is 0 Å². The van der Waals surface area contributed by atoms with Crippen LogP contribution < -0.4 is 0 Å². The summed E-state index contributed by atoms with van der Waals surface area (Å²) in [4.78, 5) is 14.9. The number of Topliss-reactive ketones (excluding diaryl/α,β-unsaturated/α-hetero) is 1. The summed E-state index contributed by atoms with van der Waals surface area (Å²) in [6.45, 7) is 12.4. The topological polar surface area (TPSA) is 84.3 Å². The third kappa shape index (κ3) is 3.62. The van der Waals surface area contributed by atoms with E-state index in [9.17, 15) is 4.79 Å². The summed E-state index contributed by atoms with van der Waals surface area (Å²) in [7, 11) is -2.09. The van der Waals surface area contributed by atoms with Gasteiger partial charge in [0.2, 0.25) is 0 Å². The fourth-order valence-electron chi connectivity index (χ4n) is 1.74. The molecule has 6 nitrogen and oxygen atoms in total. The summed E-state index contributed by atoms with van der Waals surface area (Å²) >= 11 is 3.15. The highest BCUT2D eigenvalue weighted by molar-refractivity contribution is 9.09. The average molecular weight is 364 g/mol. The first-order valence-corrected chi connectivity index (χ1v) is 10.4. The molecule has 0 aromatic carbocycles. The molecular formula is C12H22BrN3O3Si. The first-order valence-electron chi connectivity index (χ1n) is 6.56. The van der Waals surface area contributed by atoms with E-state index < -0.39 is 25.5 Å². The van der Waals surface area contributed by atoms with Gasteiger partial charge in [-0.3, -0.25) is 4.79 Å². The van der Waals surface area contributed by atoms with Crippen LogP contribution in [0.15, 0.2) is 5.11 Å². The molecule has 1 rings (SSSR count). The van der Waals surface area contributed by atoms with E-state index in [0.29, 0.717) is 0 Å². The molecule has 20 heavy (non-hydrogen) atoms. The molecule has 0 amide bonds. The summed E-state index contributed by atoms with van der Waals surface area (Å²) < 4.78 is 11.8. The second-order valence-electron chi connectivity index (χ2n) is 6.55. The summed E-state index contributed by atoms with van der Waals surface area (Å²) in [5.74, 6) is -0.287. The third-order valence-corrected chi connectivity index (χ3v) is 9.18. The standard InChI is InChI=1S/C12H22BrN3O3Si/c1-7-10(19-20(5,6)12(2,3)4)8(15-16-14)9(17)11(13)18-7/h7-8,10-11H,1-6H3/t7-,8-,10-,11+/m1/s1. The number of carbonyl (C=O) groups is 1. The van der Waals surface area contributed by atoms with Gasteiger partial charge >= 0.3 is 0 Å². The molecule has 0 aromatic rings. The number of nitrogens with zero attached hydrogens (tertiary/aromatic N) is 3. The van der Waals surface area contributed by atoms with Crippen LogP contribution in [0.1, 0.15) is 27.7 Å². The summed E-state index contributed by atoms with van der Waals surface area (Å²) in [6.07, 6.45) is -0.852. The summed E-state index contributed by atoms with van der Waals surface area (Å²) in [6, 6.07) is -0.845. The number of ether oxygens (including phenoxy) is 1. The smallest absolute Gasteiger partial charge is 0.192 e. The van der Waals surface area contributed by atoms with Crippen LogP contribution in [0.3, 0.4) is 0 Å². The van der Waals surface area contributed by atoms with Crippen molar-refractivity contribution in [2.45, 2.75) is 69.1 Å². The van der Waals surface area contributed by atoms with Crippen LogP contribution in [-0.2, 0) is 14.0 Å². The predicted molar refractivity (Wildman–Crippen MR) is 83.3 cm³/mol. The van der Waals surface area contributed by atoms with Crippen molar-refractivity contribution in [2.75, 3.05) is 0 Å². The summed E-state index contributed by atoms with van der Waals surface area (Å²) in [5, 5.41) is 2.89. The van der Waals surface area contributed by atoms with Gasteiger partial charge in [-0.1, -0.05) is 25.9 Å². The Morgan fingerprint density at radius 3 is 2.45 bits per heavy atom. The van der Waals surface area contributed by atoms with Crippen molar-refractivity contribution in [2.24, 2.45) is 5.11 Å². The lowest BCUT2D eigenvalue weighted by Crippen LogP contribution is -2.57. The van der Waals surface area contributed by atoms with Crippen LogP contribution in [0.4, 0.5) is 0 Å².